The molecule has 0 aliphatic carbocycles. The van der Waals surface area contributed by atoms with E-state index in [1.54, 1.807) is 18.2 Å². The van der Waals surface area contributed by atoms with Crippen LogP contribution >= 0.6 is 35.8 Å². The molecule has 0 fully saturated rings. The lowest BCUT2D eigenvalue weighted by molar-refractivity contribution is 0.628. The fourth-order valence-corrected chi connectivity index (χ4v) is 1.29. The van der Waals surface area contributed by atoms with E-state index in [0.717, 1.165) is 0 Å². The van der Waals surface area contributed by atoms with Crippen LogP contribution in [-0.2, 0) is 0 Å². The van der Waals surface area contributed by atoms with Gasteiger partial charge in [0.1, 0.15) is 5.82 Å². The van der Waals surface area contributed by atoms with Crippen molar-refractivity contribution in [2.75, 3.05) is 5.75 Å². The third-order valence-electron chi connectivity index (χ3n) is 1.42. The van der Waals surface area contributed by atoms with Gasteiger partial charge in [-0.3, -0.25) is 0 Å². The Kier molecular flexibility index (Phi) is 4.10. The highest BCUT2D eigenvalue weighted by Gasteiger charge is 2.05. The van der Waals surface area contributed by atoms with Crippen LogP contribution in [0.3, 0.4) is 0 Å². The molecule has 0 heterocycles. The Hall–Kier alpha value is -0.180. The van der Waals surface area contributed by atoms with Gasteiger partial charge in [0.05, 0.1) is 10.0 Å². The van der Waals surface area contributed by atoms with Crippen LogP contribution in [0.15, 0.2) is 18.2 Å². The van der Waals surface area contributed by atoms with Gasteiger partial charge in [-0.1, -0.05) is 35.4 Å². The molecule has 0 saturated heterocycles. The summed E-state index contributed by atoms with van der Waals surface area (Å²) in [5, 5.41) is 0.185. The number of benzene rings is 1. The van der Waals surface area contributed by atoms with Crippen LogP contribution in [0.2, 0.25) is 10.0 Å². The highest BCUT2D eigenvalue weighted by atomic mass is 35.5. The second-order valence-corrected chi connectivity index (χ2v) is 3.53. The highest BCUT2D eigenvalue weighted by molar-refractivity contribution is 7.80. The molecule has 0 N–H and O–H groups in total. The van der Waals surface area contributed by atoms with E-state index >= 15 is 0 Å². The van der Waals surface area contributed by atoms with Gasteiger partial charge >= 0.3 is 0 Å². The maximum absolute atomic E-state index is 13.0. The largest absolute Gasteiger partial charge is 0.205 e. The van der Waals surface area contributed by atoms with Gasteiger partial charge in [-0.05, 0) is 17.7 Å². The molecule has 0 unspecified atom stereocenters. The van der Waals surface area contributed by atoms with Gasteiger partial charge in [0.2, 0.25) is 0 Å². The van der Waals surface area contributed by atoms with Crippen LogP contribution in [0.1, 0.15) is 5.56 Å². The average Bonchev–Trinajstić information content (AvgIpc) is 2.10. The summed E-state index contributed by atoms with van der Waals surface area (Å²) >= 11 is 15.2. The predicted octanol–water partition coefficient (Wildman–Crippen LogP) is 4.08. The summed E-state index contributed by atoms with van der Waals surface area (Å²) in [6.45, 7) is 0. The van der Waals surface area contributed by atoms with Gasteiger partial charge in [0.25, 0.3) is 0 Å². The first-order valence-corrected chi connectivity index (χ1v) is 4.96. The van der Waals surface area contributed by atoms with Crippen molar-refractivity contribution in [1.82, 2.24) is 0 Å². The molecule has 0 saturated carbocycles. The first kappa shape index (κ1) is 10.9. The number of hydrogen-bond acceptors (Lipinski definition) is 1. The van der Waals surface area contributed by atoms with E-state index in [0.29, 0.717) is 11.3 Å². The maximum atomic E-state index is 13.0. The number of halogens is 3. The average molecular weight is 237 g/mol. The monoisotopic (exact) mass is 236 g/mol. The minimum atomic E-state index is -0.506. The molecule has 0 bridgehead atoms. The second kappa shape index (κ2) is 4.89. The lowest BCUT2D eigenvalue weighted by Crippen LogP contribution is -1.81. The van der Waals surface area contributed by atoms with Crippen molar-refractivity contribution >= 4 is 41.9 Å². The summed E-state index contributed by atoms with van der Waals surface area (Å²) in [4.78, 5) is 0. The van der Waals surface area contributed by atoms with E-state index in [9.17, 15) is 4.39 Å². The quantitative estimate of drug-likeness (QED) is 0.581. The molecule has 0 aromatic heterocycles. The molecule has 0 atom stereocenters. The standard InChI is InChI=1S/C9H7Cl2FS/c10-7-4-6(2-1-3-13)5-8(12)9(7)11/h1-2,4-5,13H,3H2. The summed E-state index contributed by atoms with van der Waals surface area (Å²) < 4.78 is 13.0. The summed E-state index contributed by atoms with van der Waals surface area (Å²) in [6, 6.07) is 2.93. The van der Waals surface area contributed by atoms with Crippen LogP contribution in [0.25, 0.3) is 6.08 Å². The van der Waals surface area contributed by atoms with Crippen LogP contribution in [0.5, 0.6) is 0 Å². The molecule has 70 valence electrons. The van der Waals surface area contributed by atoms with Crippen LogP contribution < -0.4 is 0 Å². The fourth-order valence-electron chi connectivity index (χ4n) is 0.860. The van der Waals surface area contributed by atoms with E-state index in [-0.39, 0.29) is 10.0 Å². The number of rotatable bonds is 2. The van der Waals surface area contributed by atoms with E-state index in [1.807, 2.05) is 0 Å². The topological polar surface area (TPSA) is 0 Å². The molecule has 0 aliphatic heterocycles. The number of hydrogen-bond donors (Lipinski definition) is 1. The Labute approximate surface area is 91.8 Å². The third kappa shape index (κ3) is 2.90. The van der Waals surface area contributed by atoms with E-state index in [2.05, 4.69) is 12.6 Å². The summed E-state index contributed by atoms with van der Waals surface area (Å²) in [6.07, 6.45) is 3.53. The molecule has 0 nitrogen and oxygen atoms in total. The van der Waals surface area contributed by atoms with Crippen molar-refractivity contribution in [3.63, 3.8) is 0 Å². The van der Waals surface area contributed by atoms with Gasteiger partial charge in [0, 0.05) is 5.75 Å². The smallest absolute Gasteiger partial charge is 0.143 e. The first-order valence-electron chi connectivity index (χ1n) is 3.57. The molecule has 0 spiro atoms. The lowest BCUT2D eigenvalue weighted by atomic mass is 10.2. The van der Waals surface area contributed by atoms with Crippen molar-refractivity contribution in [3.8, 4) is 0 Å². The molecule has 1 aromatic rings. The molecular weight excluding hydrogens is 230 g/mol. The SMILES string of the molecule is Fc1cc(C=CCS)cc(Cl)c1Cl. The molecular formula is C9H7Cl2FS. The van der Waals surface area contributed by atoms with E-state index < -0.39 is 5.82 Å². The van der Waals surface area contributed by atoms with Crippen molar-refractivity contribution in [2.24, 2.45) is 0 Å². The normalized spacial score (nSPS) is 11.1. The molecule has 0 radical (unpaired) electrons. The maximum Gasteiger partial charge on any atom is 0.143 e. The molecule has 1 rings (SSSR count). The Bertz CT molecular complexity index is 313. The van der Waals surface area contributed by atoms with Gasteiger partial charge in [-0.2, -0.15) is 12.6 Å². The van der Waals surface area contributed by atoms with Crippen molar-refractivity contribution < 1.29 is 4.39 Å². The highest BCUT2D eigenvalue weighted by Crippen LogP contribution is 2.26. The fraction of sp³-hybridized carbons (Fsp3) is 0.111. The van der Waals surface area contributed by atoms with Crippen molar-refractivity contribution in [1.29, 1.82) is 0 Å². The van der Waals surface area contributed by atoms with Gasteiger partial charge in [-0.25, -0.2) is 4.39 Å². The third-order valence-corrected chi connectivity index (χ3v) is 2.41. The van der Waals surface area contributed by atoms with E-state index in [1.165, 1.54) is 6.07 Å². The summed E-state index contributed by atoms with van der Waals surface area (Å²) in [5.41, 5.74) is 0.681. The summed E-state index contributed by atoms with van der Waals surface area (Å²) in [7, 11) is 0. The van der Waals surface area contributed by atoms with Crippen molar-refractivity contribution in [3.05, 3.63) is 39.6 Å². The minimum Gasteiger partial charge on any atom is -0.205 e. The van der Waals surface area contributed by atoms with Gasteiger partial charge in [0.15, 0.2) is 0 Å². The zero-order valence-corrected chi connectivity index (χ0v) is 9.00. The zero-order valence-electron chi connectivity index (χ0n) is 6.60. The Morgan fingerprint density at radius 2 is 2.08 bits per heavy atom. The number of thiol groups is 1. The molecule has 0 aliphatic rings. The Morgan fingerprint density at radius 3 is 2.62 bits per heavy atom. The van der Waals surface area contributed by atoms with Crippen molar-refractivity contribution in [2.45, 2.75) is 0 Å². The van der Waals surface area contributed by atoms with Gasteiger partial charge < -0.3 is 0 Å². The predicted molar refractivity (Wildman–Crippen MR) is 59.3 cm³/mol. The van der Waals surface area contributed by atoms with E-state index in [4.69, 9.17) is 23.2 Å². The first-order chi connectivity index (χ1) is 6.15. The molecule has 4 heteroatoms. The van der Waals surface area contributed by atoms with Crippen LogP contribution in [0.4, 0.5) is 4.39 Å². The Balaban J connectivity index is 3.06. The Morgan fingerprint density at radius 1 is 1.38 bits per heavy atom. The van der Waals surface area contributed by atoms with Gasteiger partial charge in [-0.15, -0.1) is 0 Å². The van der Waals surface area contributed by atoms with Crippen LogP contribution in [-0.4, -0.2) is 5.75 Å². The molecule has 0 amide bonds. The summed E-state index contributed by atoms with van der Waals surface area (Å²) in [5.74, 6) is 0.0926. The minimum absolute atomic E-state index is 0.0373. The second-order valence-electron chi connectivity index (χ2n) is 2.38. The lowest BCUT2D eigenvalue weighted by Gasteiger charge is -1.99. The zero-order chi connectivity index (χ0) is 9.84. The molecule has 1 aromatic carbocycles. The van der Waals surface area contributed by atoms with Crippen LogP contribution in [0, 0.1) is 5.82 Å². The molecule has 13 heavy (non-hydrogen) atoms.